The topological polar surface area (TPSA) is 25.8 Å². The molecule has 2 nitrogen and oxygen atoms in total. The molecule has 0 saturated heterocycles. The number of hydrogen-bond donors (Lipinski definition) is 0. The first kappa shape index (κ1) is 32.6. The van der Waals surface area contributed by atoms with Gasteiger partial charge in [0.15, 0.2) is 0 Å². The smallest absolute Gasteiger partial charge is 0.0794 e. The SMILES string of the molecule is c1ccc2nc(-c3ccc(-c4cc5c(-c6cc7ccccc7c7ccccc67)cc(-c6cc7ccccc7c7ccccc67)nc5c5ccccc45)cc3)ccc2c1. The van der Waals surface area contributed by atoms with Crippen molar-refractivity contribution in [2.45, 2.75) is 0 Å². The van der Waals surface area contributed by atoms with Crippen molar-refractivity contribution < 1.29 is 0 Å². The van der Waals surface area contributed by atoms with E-state index in [0.29, 0.717) is 0 Å². The number of para-hydroxylation sites is 1. The van der Waals surface area contributed by atoms with Gasteiger partial charge in [-0.25, -0.2) is 9.97 Å². The highest BCUT2D eigenvalue weighted by Crippen LogP contribution is 2.45. The molecule has 2 heteroatoms. The van der Waals surface area contributed by atoms with Crippen LogP contribution in [0.3, 0.4) is 0 Å². The van der Waals surface area contributed by atoms with Crippen molar-refractivity contribution in [2.75, 3.05) is 0 Å². The van der Waals surface area contributed by atoms with Gasteiger partial charge >= 0.3 is 0 Å². The van der Waals surface area contributed by atoms with E-state index in [1.54, 1.807) is 0 Å². The van der Waals surface area contributed by atoms with Crippen LogP contribution in [0.2, 0.25) is 0 Å². The summed E-state index contributed by atoms with van der Waals surface area (Å²) in [5.41, 5.74) is 10.9. The van der Waals surface area contributed by atoms with Crippen LogP contribution in [0.4, 0.5) is 0 Å². The van der Waals surface area contributed by atoms with Gasteiger partial charge in [0.2, 0.25) is 0 Å². The van der Waals surface area contributed by atoms with Gasteiger partial charge in [-0.3, -0.25) is 0 Å². The number of nitrogens with zero attached hydrogens (tertiary/aromatic N) is 2. The molecule has 0 bridgehead atoms. The molecule has 12 rings (SSSR count). The van der Waals surface area contributed by atoms with Crippen LogP contribution in [0.25, 0.3) is 120 Å². The van der Waals surface area contributed by atoms with Gasteiger partial charge in [0, 0.05) is 27.3 Å². The molecular weight excluding hydrogens is 701 g/mol. The second-order valence-electron chi connectivity index (χ2n) is 15.3. The summed E-state index contributed by atoms with van der Waals surface area (Å²) < 4.78 is 0. The molecule has 0 aliphatic rings. The number of hydrogen-bond acceptors (Lipinski definition) is 2. The predicted molar refractivity (Wildman–Crippen MR) is 246 cm³/mol. The summed E-state index contributed by atoms with van der Waals surface area (Å²) in [4.78, 5) is 10.7. The lowest BCUT2D eigenvalue weighted by atomic mass is 9.87. The van der Waals surface area contributed by atoms with Crippen molar-refractivity contribution in [1.82, 2.24) is 9.97 Å². The molecule has 0 atom stereocenters. The number of fused-ring (bicyclic) bond motifs is 10. The summed E-state index contributed by atoms with van der Waals surface area (Å²) in [7, 11) is 0. The molecule has 0 aliphatic heterocycles. The average Bonchev–Trinajstić information content (AvgIpc) is 3.30. The molecule has 2 heterocycles. The Hall–Kier alpha value is -7.68. The summed E-state index contributed by atoms with van der Waals surface area (Å²) >= 11 is 0. The highest BCUT2D eigenvalue weighted by molar-refractivity contribution is 6.21. The van der Waals surface area contributed by atoms with Gasteiger partial charge < -0.3 is 0 Å². The van der Waals surface area contributed by atoms with Crippen molar-refractivity contribution in [3.63, 3.8) is 0 Å². The first-order valence-corrected chi connectivity index (χ1v) is 19.9. The third-order valence-corrected chi connectivity index (χ3v) is 12.0. The summed E-state index contributed by atoms with van der Waals surface area (Å²) in [6.45, 7) is 0. The Balaban J connectivity index is 1.16. The second-order valence-corrected chi connectivity index (χ2v) is 15.3. The molecule has 0 aliphatic carbocycles. The van der Waals surface area contributed by atoms with Gasteiger partial charge in [-0.05, 0) is 107 Å². The first-order chi connectivity index (χ1) is 28.7. The van der Waals surface area contributed by atoms with Crippen molar-refractivity contribution in [2.24, 2.45) is 0 Å². The fourth-order valence-corrected chi connectivity index (χ4v) is 9.24. The van der Waals surface area contributed by atoms with E-state index in [4.69, 9.17) is 9.97 Å². The molecule has 0 N–H and O–H groups in total. The Morgan fingerprint density at radius 2 is 0.724 bits per heavy atom. The van der Waals surface area contributed by atoms with E-state index in [1.165, 1.54) is 65.2 Å². The third-order valence-electron chi connectivity index (χ3n) is 12.0. The van der Waals surface area contributed by atoms with Crippen LogP contribution in [0.5, 0.6) is 0 Å². The third kappa shape index (κ3) is 5.12. The minimum Gasteiger partial charge on any atom is -0.248 e. The van der Waals surface area contributed by atoms with Crippen LogP contribution in [0, 0.1) is 0 Å². The molecule has 0 unspecified atom stereocenters. The molecule has 58 heavy (non-hydrogen) atoms. The quantitative estimate of drug-likeness (QED) is 0.168. The van der Waals surface area contributed by atoms with Gasteiger partial charge in [-0.2, -0.15) is 0 Å². The predicted octanol–water partition coefficient (Wildman–Crippen LogP) is 15.2. The van der Waals surface area contributed by atoms with Crippen LogP contribution in [-0.2, 0) is 0 Å². The molecule has 0 spiro atoms. The zero-order valence-electron chi connectivity index (χ0n) is 31.5. The summed E-state index contributed by atoms with van der Waals surface area (Å²) in [5.74, 6) is 0. The molecule has 2 aromatic heterocycles. The standard InChI is InChI=1S/C56H34N2/c1-4-16-40-38(14-1)31-49(44-20-8-6-18-42(40)44)50-34-55(51-32-39-15-2-5-17-41(39)43-19-7-9-21-45(43)51)58-56-47-23-11-10-22-46(47)48(33-52(50)56)35-25-27-37(28-26-35)54-30-29-36-13-3-12-24-53(36)57-54/h1-34H. The molecule has 0 saturated carbocycles. The van der Waals surface area contributed by atoms with Crippen LogP contribution >= 0.6 is 0 Å². The maximum Gasteiger partial charge on any atom is 0.0794 e. The number of rotatable bonds is 4. The maximum absolute atomic E-state index is 5.66. The van der Waals surface area contributed by atoms with Crippen molar-refractivity contribution in [3.8, 4) is 44.8 Å². The zero-order valence-corrected chi connectivity index (χ0v) is 31.5. The van der Waals surface area contributed by atoms with E-state index in [9.17, 15) is 0 Å². The number of aromatic nitrogens is 2. The minimum absolute atomic E-state index is 0.965. The monoisotopic (exact) mass is 734 g/mol. The van der Waals surface area contributed by atoms with Crippen molar-refractivity contribution in [3.05, 3.63) is 206 Å². The fraction of sp³-hybridized carbons (Fsp3) is 0. The van der Waals surface area contributed by atoms with Crippen LogP contribution in [0.1, 0.15) is 0 Å². The average molecular weight is 735 g/mol. The van der Waals surface area contributed by atoms with Crippen molar-refractivity contribution in [1.29, 1.82) is 0 Å². The van der Waals surface area contributed by atoms with E-state index < -0.39 is 0 Å². The molecule has 268 valence electrons. The van der Waals surface area contributed by atoms with Gasteiger partial charge in [0.1, 0.15) is 0 Å². The number of benzene rings is 10. The zero-order chi connectivity index (χ0) is 38.2. The molecular formula is C56H34N2. The Bertz CT molecular complexity index is 3620. The molecule has 0 radical (unpaired) electrons. The maximum atomic E-state index is 5.66. The van der Waals surface area contributed by atoms with E-state index in [-0.39, 0.29) is 0 Å². The van der Waals surface area contributed by atoms with E-state index >= 15 is 0 Å². The van der Waals surface area contributed by atoms with Crippen LogP contribution < -0.4 is 0 Å². The largest absolute Gasteiger partial charge is 0.248 e. The van der Waals surface area contributed by atoms with E-state index in [1.807, 2.05) is 6.07 Å². The number of pyridine rings is 2. The summed E-state index contributed by atoms with van der Waals surface area (Å²) in [6.07, 6.45) is 0. The van der Waals surface area contributed by atoms with Crippen LogP contribution in [0.15, 0.2) is 206 Å². The lowest BCUT2D eigenvalue weighted by Crippen LogP contribution is -1.95. The molecule has 12 aromatic rings. The van der Waals surface area contributed by atoms with Crippen molar-refractivity contribution >= 4 is 75.7 Å². The van der Waals surface area contributed by atoms with Gasteiger partial charge in [0.05, 0.1) is 22.4 Å². The van der Waals surface area contributed by atoms with Gasteiger partial charge in [0.25, 0.3) is 0 Å². The molecule has 0 amide bonds. The molecule has 0 fully saturated rings. The fourth-order valence-electron chi connectivity index (χ4n) is 9.24. The molecule has 10 aromatic carbocycles. The minimum atomic E-state index is 0.965. The van der Waals surface area contributed by atoms with Gasteiger partial charge in [-0.1, -0.05) is 170 Å². The Kier molecular flexibility index (Phi) is 7.26. The lowest BCUT2D eigenvalue weighted by Gasteiger charge is -2.18. The Labute approximate surface area is 335 Å². The Morgan fingerprint density at radius 3 is 1.40 bits per heavy atom. The van der Waals surface area contributed by atoms with Crippen LogP contribution in [-0.4, -0.2) is 9.97 Å². The normalized spacial score (nSPS) is 11.8. The highest BCUT2D eigenvalue weighted by Gasteiger charge is 2.20. The van der Waals surface area contributed by atoms with E-state index in [0.717, 1.165) is 55.3 Å². The van der Waals surface area contributed by atoms with E-state index in [2.05, 4.69) is 200 Å². The van der Waals surface area contributed by atoms with Gasteiger partial charge in [-0.15, -0.1) is 0 Å². The summed E-state index contributed by atoms with van der Waals surface area (Å²) in [6, 6.07) is 74.7. The summed E-state index contributed by atoms with van der Waals surface area (Å²) in [5, 5.41) is 14.4. The second kappa shape index (κ2) is 12.9. The Morgan fingerprint density at radius 1 is 0.241 bits per heavy atom. The highest BCUT2D eigenvalue weighted by atomic mass is 14.7. The first-order valence-electron chi connectivity index (χ1n) is 19.9. The lowest BCUT2D eigenvalue weighted by molar-refractivity contribution is 1.40.